The van der Waals surface area contributed by atoms with Crippen molar-refractivity contribution in [1.82, 2.24) is 5.32 Å². The quantitative estimate of drug-likeness (QED) is 0.928. The van der Waals surface area contributed by atoms with Crippen LogP contribution in [-0.2, 0) is 9.59 Å². The average molecular weight is 295 g/mol. The Labute approximate surface area is 124 Å². The van der Waals surface area contributed by atoms with Crippen LogP contribution in [0.3, 0.4) is 0 Å². The van der Waals surface area contributed by atoms with Crippen molar-refractivity contribution in [3.63, 3.8) is 0 Å². The molecule has 108 valence electrons. The molecule has 0 aliphatic carbocycles. The number of amides is 2. The van der Waals surface area contributed by atoms with Gasteiger partial charge < -0.3 is 10.2 Å². The van der Waals surface area contributed by atoms with E-state index < -0.39 is 0 Å². The smallest absolute Gasteiger partial charge is 0.227 e. The van der Waals surface area contributed by atoms with Crippen LogP contribution in [0.5, 0.6) is 0 Å². The van der Waals surface area contributed by atoms with Gasteiger partial charge in [-0.25, -0.2) is 0 Å². The highest BCUT2D eigenvalue weighted by Gasteiger charge is 2.35. The highest BCUT2D eigenvalue weighted by molar-refractivity contribution is 6.30. The molecule has 5 heteroatoms. The van der Waals surface area contributed by atoms with E-state index in [0.29, 0.717) is 11.6 Å². The van der Waals surface area contributed by atoms with Crippen LogP contribution >= 0.6 is 11.6 Å². The maximum absolute atomic E-state index is 12.1. The van der Waals surface area contributed by atoms with E-state index in [9.17, 15) is 9.59 Å². The molecule has 20 heavy (non-hydrogen) atoms. The number of hydrogen-bond donors (Lipinski definition) is 1. The van der Waals surface area contributed by atoms with Gasteiger partial charge >= 0.3 is 0 Å². The summed E-state index contributed by atoms with van der Waals surface area (Å²) < 4.78 is 0. The minimum atomic E-state index is -0.271. The summed E-state index contributed by atoms with van der Waals surface area (Å²) in [5, 5.41) is 3.57. The number of benzene rings is 1. The zero-order chi connectivity index (χ0) is 14.7. The number of nitrogens with zero attached hydrogens (tertiary/aromatic N) is 1. The molecular formula is C15H19ClN2O2. The summed E-state index contributed by atoms with van der Waals surface area (Å²) in [5.74, 6) is -0.326. The summed E-state index contributed by atoms with van der Waals surface area (Å²) in [7, 11) is 0. The van der Waals surface area contributed by atoms with Crippen LogP contribution in [0.4, 0.5) is 5.69 Å². The second kappa shape index (κ2) is 6.27. The number of hydrogen-bond acceptors (Lipinski definition) is 2. The van der Waals surface area contributed by atoms with Gasteiger partial charge in [0, 0.05) is 29.7 Å². The maximum Gasteiger partial charge on any atom is 0.227 e. The minimum Gasteiger partial charge on any atom is -0.353 e. The number of nitrogens with one attached hydrogen (secondary N) is 1. The Bertz CT molecular complexity index is 501. The van der Waals surface area contributed by atoms with E-state index in [-0.39, 0.29) is 30.2 Å². The third-order valence-corrected chi connectivity index (χ3v) is 3.89. The topological polar surface area (TPSA) is 49.4 Å². The van der Waals surface area contributed by atoms with Crippen molar-refractivity contribution in [1.29, 1.82) is 0 Å². The molecule has 2 amide bonds. The first kappa shape index (κ1) is 14.9. The number of carbonyl (C=O) groups is 2. The Morgan fingerprint density at radius 3 is 2.70 bits per heavy atom. The molecule has 1 aromatic rings. The summed E-state index contributed by atoms with van der Waals surface area (Å²) in [5.41, 5.74) is 0.790. The van der Waals surface area contributed by atoms with Crippen LogP contribution in [0.2, 0.25) is 5.02 Å². The van der Waals surface area contributed by atoms with E-state index in [1.807, 2.05) is 13.8 Å². The molecule has 2 atom stereocenters. The van der Waals surface area contributed by atoms with Gasteiger partial charge in [0.1, 0.15) is 0 Å². The van der Waals surface area contributed by atoms with Gasteiger partial charge in [-0.15, -0.1) is 0 Å². The molecule has 1 N–H and O–H groups in total. The molecule has 1 heterocycles. The van der Waals surface area contributed by atoms with Crippen molar-refractivity contribution in [2.24, 2.45) is 5.92 Å². The van der Waals surface area contributed by atoms with Gasteiger partial charge in [0.05, 0.1) is 5.92 Å². The minimum absolute atomic E-state index is 0.0170. The third-order valence-electron chi connectivity index (χ3n) is 3.64. The lowest BCUT2D eigenvalue weighted by atomic mass is 10.1. The van der Waals surface area contributed by atoms with Gasteiger partial charge in [-0.3, -0.25) is 9.59 Å². The molecule has 0 aromatic heterocycles. The number of carbonyl (C=O) groups excluding carboxylic acids is 2. The molecule has 2 rings (SSSR count). The predicted octanol–water partition coefficient (Wildman–Crippen LogP) is 2.61. The number of rotatable bonds is 4. The molecule has 1 saturated heterocycles. The SMILES string of the molecule is CC[C@H](C)NC(=O)[C@@H]1CC(=O)N(c2ccc(Cl)cc2)C1. The van der Waals surface area contributed by atoms with E-state index in [4.69, 9.17) is 11.6 Å². The molecule has 1 aliphatic rings. The fourth-order valence-corrected chi connectivity index (χ4v) is 2.34. The zero-order valence-electron chi connectivity index (χ0n) is 11.7. The van der Waals surface area contributed by atoms with E-state index in [1.54, 1.807) is 29.2 Å². The lowest BCUT2D eigenvalue weighted by Crippen LogP contribution is -2.38. The first-order valence-electron chi connectivity index (χ1n) is 6.87. The summed E-state index contributed by atoms with van der Waals surface area (Å²) in [6, 6.07) is 7.24. The van der Waals surface area contributed by atoms with Crippen molar-refractivity contribution in [3.05, 3.63) is 29.3 Å². The van der Waals surface area contributed by atoms with E-state index in [0.717, 1.165) is 12.1 Å². The van der Waals surface area contributed by atoms with Crippen LogP contribution in [0.25, 0.3) is 0 Å². The summed E-state index contributed by atoms with van der Waals surface area (Å²) in [4.78, 5) is 25.8. The molecule has 0 radical (unpaired) electrons. The lowest BCUT2D eigenvalue weighted by molar-refractivity contribution is -0.126. The fraction of sp³-hybridized carbons (Fsp3) is 0.467. The Hall–Kier alpha value is -1.55. The normalized spacial score (nSPS) is 20.1. The van der Waals surface area contributed by atoms with Crippen molar-refractivity contribution in [2.45, 2.75) is 32.7 Å². The van der Waals surface area contributed by atoms with Crippen LogP contribution in [0.1, 0.15) is 26.7 Å². The van der Waals surface area contributed by atoms with E-state index in [1.165, 1.54) is 0 Å². The zero-order valence-corrected chi connectivity index (χ0v) is 12.5. The number of anilines is 1. The van der Waals surface area contributed by atoms with Gasteiger partial charge in [-0.1, -0.05) is 18.5 Å². The maximum atomic E-state index is 12.1. The lowest BCUT2D eigenvalue weighted by Gasteiger charge is -2.18. The molecular weight excluding hydrogens is 276 g/mol. The van der Waals surface area contributed by atoms with Crippen LogP contribution in [0.15, 0.2) is 24.3 Å². The molecule has 0 spiro atoms. The van der Waals surface area contributed by atoms with Crippen LogP contribution in [0, 0.1) is 5.92 Å². The standard InChI is InChI=1S/C15H19ClN2O2/c1-3-10(2)17-15(20)11-8-14(19)18(9-11)13-6-4-12(16)5-7-13/h4-7,10-11H,3,8-9H2,1-2H3,(H,17,20)/t10-,11+/m0/s1. The van der Waals surface area contributed by atoms with Crippen molar-refractivity contribution in [2.75, 3.05) is 11.4 Å². The summed E-state index contributed by atoms with van der Waals surface area (Å²) >= 11 is 5.84. The van der Waals surface area contributed by atoms with E-state index in [2.05, 4.69) is 5.32 Å². The summed E-state index contributed by atoms with van der Waals surface area (Å²) in [6.07, 6.45) is 1.15. The van der Waals surface area contributed by atoms with Crippen molar-refractivity contribution in [3.8, 4) is 0 Å². The van der Waals surface area contributed by atoms with Crippen molar-refractivity contribution >= 4 is 29.1 Å². The summed E-state index contributed by atoms with van der Waals surface area (Å²) in [6.45, 7) is 4.42. The van der Waals surface area contributed by atoms with Crippen LogP contribution in [-0.4, -0.2) is 24.4 Å². The fourth-order valence-electron chi connectivity index (χ4n) is 2.22. The highest BCUT2D eigenvalue weighted by Crippen LogP contribution is 2.26. The largest absolute Gasteiger partial charge is 0.353 e. The Morgan fingerprint density at radius 2 is 2.10 bits per heavy atom. The van der Waals surface area contributed by atoms with Gasteiger partial charge in [0.2, 0.25) is 11.8 Å². The molecule has 1 aliphatic heterocycles. The van der Waals surface area contributed by atoms with Crippen molar-refractivity contribution < 1.29 is 9.59 Å². The molecule has 0 unspecified atom stereocenters. The molecule has 4 nitrogen and oxygen atoms in total. The van der Waals surface area contributed by atoms with E-state index >= 15 is 0 Å². The molecule has 0 saturated carbocycles. The Balaban J connectivity index is 2.03. The van der Waals surface area contributed by atoms with Gasteiger partial charge in [0.25, 0.3) is 0 Å². The second-order valence-electron chi connectivity index (χ2n) is 5.20. The van der Waals surface area contributed by atoms with Crippen LogP contribution < -0.4 is 10.2 Å². The molecule has 1 aromatic carbocycles. The second-order valence-corrected chi connectivity index (χ2v) is 5.64. The van der Waals surface area contributed by atoms with Gasteiger partial charge in [0.15, 0.2) is 0 Å². The highest BCUT2D eigenvalue weighted by atomic mass is 35.5. The average Bonchev–Trinajstić information content (AvgIpc) is 2.81. The van der Waals surface area contributed by atoms with Gasteiger partial charge in [-0.05, 0) is 37.6 Å². The Morgan fingerprint density at radius 1 is 1.45 bits per heavy atom. The molecule has 0 bridgehead atoms. The first-order chi connectivity index (χ1) is 9.51. The third kappa shape index (κ3) is 3.31. The predicted molar refractivity (Wildman–Crippen MR) is 79.8 cm³/mol. The Kier molecular flexibility index (Phi) is 4.65. The van der Waals surface area contributed by atoms with Gasteiger partial charge in [-0.2, -0.15) is 0 Å². The first-order valence-corrected chi connectivity index (χ1v) is 7.25. The molecule has 1 fully saturated rings. The monoisotopic (exact) mass is 294 g/mol. The number of halogens is 1.